The lowest BCUT2D eigenvalue weighted by molar-refractivity contribution is -0.141. The van der Waals surface area contributed by atoms with Gasteiger partial charge in [-0.1, -0.05) is 12.8 Å². The van der Waals surface area contributed by atoms with Crippen LogP contribution in [0.4, 0.5) is 0 Å². The first-order chi connectivity index (χ1) is 8.15. The molecule has 1 unspecified atom stereocenters. The first kappa shape index (κ1) is 14.4. The second-order valence-electron chi connectivity index (χ2n) is 4.49. The monoisotopic (exact) mass is 259 g/mol. The molecule has 0 aromatic heterocycles. The van der Waals surface area contributed by atoms with Crippen molar-refractivity contribution < 1.29 is 14.7 Å². The average Bonchev–Trinajstić information content (AvgIpc) is 2.65. The van der Waals surface area contributed by atoms with E-state index >= 15 is 0 Å². The molecule has 0 aromatic carbocycles. The Morgan fingerprint density at radius 2 is 2.12 bits per heavy atom. The van der Waals surface area contributed by atoms with Crippen LogP contribution in [-0.4, -0.2) is 47.0 Å². The van der Waals surface area contributed by atoms with Crippen molar-refractivity contribution in [3.8, 4) is 0 Å². The molecule has 1 heterocycles. The highest BCUT2D eigenvalue weighted by Gasteiger charge is 2.33. The smallest absolute Gasteiger partial charge is 0.308 e. The van der Waals surface area contributed by atoms with E-state index in [9.17, 15) is 9.59 Å². The molecule has 1 aliphatic heterocycles. The average molecular weight is 259 g/mol. The summed E-state index contributed by atoms with van der Waals surface area (Å²) in [5.41, 5.74) is 0. The molecular formula is C12H21NO3S. The van der Waals surface area contributed by atoms with Gasteiger partial charge in [0.15, 0.2) is 0 Å². The molecule has 1 rings (SSSR count). The van der Waals surface area contributed by atoms with Crippen molar-refractivity contribution >= 4 is 23.6 Å². The lowest BCUT2D eigenvalue weighted by Gasteiger charge is -2.15. The summed E-state index contributed by atoms with van der Waals surface area (Å²) < 4.78 is 0. The minimum atomic E-state index is -0.846. The van der Waals surface area contributed by atoms with Crippen LogP contribution < -0.4 is 0 Å². The molecule has 0 aromatic rings. The summed E-state index contributed by atoms with van der Waals surface area (Å²) in [5.74, 6) is -0.134. The van der Waals surface area contributed by atoms with Crippen molar-refractivity contribution in [3.05, 3.63) is 0 Å². The summed E-state index contributed by atoms with van der Waals surface area (Å²) in [6, 6.07) is 0. The number of unbranched alkanes of at least 4 members (excludes halogenated alkanes) is 3. The van der Waals surface area contributed by atoms with Gasteiger partial charge in [0.05, 0.1) is 5.92 Å². The van der Waals surface area contributed by atoms with Gasteiger partial charge in [0.1, 0.15) is 0 Å². The van der Waals surface area contributed by atoms with E-state index in [0.717, 1.165) is 19.4 Å². The fourth-order valence-electron chi connectivity index (χ4n) is 2.06. The van der Waals surface area contributed by atoms with Gasteiger partial charge in [-0.15, -0.1) is 0 Å². The third kappa shape index (κ3) is 4.98. The lowest BCUT2D eigenvalue weighted by Crippen LogP contribution is -2.27. The van der Waals surface area contributed by atoms with Gasteiger partial charge in [-0.3, -0.25) is 9.59 Å². The molecule has 1 N–H and O–H groups in total. The number of carboxylic acids is 1. The molecule has 0 radical (unpaired) electrons. The second kappa shape index (κ2) is 7.58. The molecule has 1 aliphatic rings. The Kier molecular flexibility index (Phi) is 6.40. The maximum Gasteiger partial charge on any atom is 0.308 e. The van der Waals surface area contributed by atoms with Gasteiger partial charge in [0.25, 0.3) is 0 Å². The minimum Gasteiger partial charge on any atom is -0.481 e. The highest BCUT2D eigenvalue weighted by atomic mass is 32.2. The fourth-order valence-corrected chi connectivity index (χ4v) is 2.55. The number of carboxylic acid groups (broad SMARTS) is 1. The molecule has 1 amide bonds. The third-order valence-electron chi connectivity index (χ3n) is 3.09. The molecule has 4 nitrogen and oxygen atoms in total. The minimum absolute atomic E-state index is 0.00140. The van der Waals surface area contributed by atoms with Crippen molar-refractivity contribution in [1.29, 1.82) is 0 Å². The summed E-state index contributed by atoms with van der Waals surface area (Å²) in [4.78, 5) is 24.0. The molecule has 1 saturated heterocycles. The van der Waals surface area contributed by atoms with Crippen LogP contribution >= 0.6 is 11.8 Å². The number of amides is 1. The number of hydrogen-bond donors (Lipinski definition) is 1. The van der Waals surface area contributed by atoms with Crippen molar-refractivity contribution in [1.82, 2.24) is 4.90 Å². The predicted molar refractivity (Wildman–Crippen MR) is 69.2 cm³/mol. The van der Waals surface area contributed by atoms with Gasteiger partial charge < -0.3 is 10.0 Å². The number of rotatable bonds is 8. The van der Waals surface area contributed by atoms with Gasteiger partial charge in [-0.2, -0.15) is 11.8 Å². The topological polar surface area (TPSA) is 57.6 Å². The number of nitrogens with zero attached hydrogens (tertiary/aromatic N) is 1. The van der Waals surface area contributed by atoms with Crippen molar-refractivity contribution in [3.63, 3.8) is 0 Å². The molecule has 1 fully saturated rings. The molecule has 17 heavy (non-hydrogen) atoms. The van der Waals surface area contributed by atoms with E-state index in [1.54, 1.807) is 4.90 Å². The summed E-state index contributed by atoms with van der Waals surface area (Å²) in [7, 11) is 0. The zero-order valence-corrected chi connectivity index (χ0v) is 11.2. The standard InChI is InChI=1S/C12H21NO3S/c1-17-7-5-3-2-4-6-13-9-10(12(15)16)8-11(13)14/h10H,2-9H2,1H3,(H,15,16). The van der Waals surface area contributed by atoms with E-state index in [1.807, 2.05) is 11.8 Å². The number of carbonyl (C=O) groups is 2. The maximum absolute atomic E-state index is 11.5. The predicted octanol–water partition coefficient (Wildman–Crippen LogP) is 1.84. The van der Waals surface area contributed by atoms with Crippen LogP contribution in [0.15, 0.2) is 0 Å². The van der Waals surface area contributed by atoms with Gasteiger partial charge in [-0.05, 0) is 24.9 Å². The maximum atomic E-state index is 11.5. The van der Waals surface area contributed by atoms with Crippen molar-refractivity contribution in [2.75, 3.05) is 25.1 Å². The van der Waals surface area contributed by atoms with Gasteiger partial charge >= 0.3 is 5.97 Å². The lowest BCUT2D eigenvalue weighted by atomic mass is 10.1. The van der Waals surface area contributed by atoms with Crippen molar-refractivity contribution in [2.24, 2.45) is 5.92 Å². The van der Waals surface area contributed by atoms with Crippen LogP contribution in [-0.2, 0) is 9.59 Å². The summed E-state index contributed by atoms with van der Waals surface area (Å²) in [5, 5.41) is 8.84. The van der Waals surface area contributed by atoms with E-state index in [2.05, 4.69) is 6.26 Å². The molecule has 0 spiro atoms. The van der Waals surface area contributed by atoms with Crippen LogP contribution in [0.3, 0.4) is 0 Å². The number of thioether (sulfide) groups is 1. The third-order valence-corrected chi connectivity index (χ3v) is 3.79. The molecule has 5 heteroatoms. The Morgan fingerprint density at radius 3 is 2.71 bits per heavy atom. The van der Waals surface area contributed by atoms with Gasteiger partial charge in [0, 0.05) is 19.5 Å². The molecule has 0 bridgehead atoms. The van der Waals surface area contributed by atoms with Gasteiger partial charge in [0.2, 0.25) is 5.91 Å². The van der Waals surface area contributed by atoms with Crippen LogP contribution in [0.2, 0.25) is 0 Å². The highest BCUT2D eigenvalue weighted by molar-refractivity contribution is 7.98. The Morgan fingerprint density at radius 1 is 1.41 bits per heavy atom. The van der Waals surface area contributed by atoms with Crippen LogP contribution in [0, 0.1) is 5.92 Å². The SMILES string of the molecule is CSCCCCCCN1CC(C(=O)O)CC1=O. The summed E-state index contributed by atoms with van der Waals surface area (Å²) in [6.07, 6.45) is 6.84. The van der Waals surface area contributed by atoms with E-state index in [4.69, 9.17) is 5.11 Å². The highest BCUT2D eigenvalue weighted by Crippen LogP contribution is 2.18. The van der Waals surface area contributed by atoms with Crippen LogP contribution in [0.5, 0.6) is 0 Å². The largest absolute Gasteiger partial charge is 0.481 e. The summed E-state index contributed by atoms with van der Waals surface area (Å²) in [6.45, 7) is 1.13. The van der Waals surface area contributed by atoms with Crippen LogP contribution in [0.25, 0.3) is 0 Å². The van der Waals surface area contributed by atoms with E-state index in [1.165, 1.54) is 18.6 Å². The Balaban J connectivity index is 2.11. The Bertz CT molecular complexity index is 270. The molecule has 0 saturated carbocycles. The first-order valence-electron chi connectivity index (χ1n) is 6.14. The normalized spacial score (nSPS) is 19.9. The molecule has 0 aliphatic carbocycles. The fraction of sp³-hybridized carbons (Fsp3) is 0.833. The number of hydrogen-bond acceptors (Lipinski definition) is 3. The zero-order chi connectivity index (χ0) is 12.7. The molecule has 98 valence electrons. The zero-order valence-electron chi connectivity index (χ0n) is 10.4. The first-order valence-corrected chi connectivity index (χ1v) is 7.54. The van der Waals surface area contributed by atoms with E-state index < -0.39 is 11.9 Å². The van der Waals surface area contributed by atoms with Crippen LogP contribution in [0.1, 0.15) is 32.1 Å². The Hall–Kier alpha value is -0.710. The van der Waals surface area contributed by atoms with E-state index in [-0.39, 0.29) is 12.3 Å². The summed E-state index contributed by atoms with van der Waals surface area (Å²) >= 11 is 1.86. The quantitative estimate of drug-likeness (QED) is 0.676. The Labute approximate surface area is 107 Å². The second-order valence-corrected chi connectivity index (χ2v) is 5.47. The molecule has 1 atom stereocenters. The number of carbonyl (C=O) groups excluding carboxylic acids is 1. The number of likely N-dealkylation sites (tertiary alicyclic amines) is 1. The molecular weight excluding hydrogens is 238 g/mol. The van der Waals surface area contributed by atoms with E-state index in [0.29, 0.717) is 6.54 Å². The van der Waals surface area contributed by atoms with Crippen molar-refractivity contribution in [2.45, 2.75) is 32.1 Å². The number of aliphatic carboxylic acids is 1. The van der Waals surface area contributed by atoms with Gasteiger partial charge in [-0.25, -0.2) is 0 Å².